The third-order valence-electron chi connectivity index (χ3n) is 1.96. The van der Waals surface area contributed by atoms with Crippen molar-refractivity contribution in [1.29, 1.82) is 0 Å². The number of hydrogen-bond acceptors (Lipinski definition) is 3. The summed E-state index contributed by atoms with van der Waals surface area (Å²) < 4.78 is 5.50. The Labute approximate surface area is 85.3 Å². The van der Waals surface area contributed by atoms with Crippen LogP contribution in [0.5, 0.6) is 5.75 Å². The molecule has 0 aromatic heterocycles. The van der Waals surface area contributed by atoms with Crippen LogP contribution in [0.4, 0.5) is 0 Å². The summed E-state index contributed by atoms with van der Waals surface area (Å²) in [5.41, 5.74) is 5.46. The third kappa shape index (κ3) is 4.25. The van der Waals surface area contributed by atoms with E-state index in [1.807, 2.05) is 30.3 Å². The van der Waals surface area contributed by atoms with Crippen molar-refractivity contribution in [3.63, 3.8) is 0 Å². The first kappa shape index (κ1) is 11.0. The molecule has 1 aromatic carbocycles. The van der Waals surface area contributed by atoms with Crippen LogP contribution in [-0.2, 0) is 0 Å². The Bertz CT molecular complexity index is 238. The van der Waals surface area contributed by atoms with Gasteiger partial charge in [-0.05, 0) is 19.1 Å². The molecule has 0 unspecified atom stereocenters. The second-order valence-electron chi connectivity index (χ2n) is 3.25. The molecule has 0 radical (unpaired) electrons. The van der Waals surface area contributed by atoms with Crippen molar-refractivity contribution in [2.75, 3.05) is 19.7 Å². The zero-order chi connectivity index (χ0) is 10.2. The fraction of sp³-hybridized carbons (Fsp3) is 0.455. The molecule has 0 fully saturated rings. The van der Waals surface area contributed by atoms with E-state index in [0.717, 1.165) is 12.3 Å². The summed E-state index contributed by atoms with van der Waals surface area (Å²) in [5, 5.41) is 3.25. The highest BCUT2D eigenvalue weighted by atomic mass is 16.5. The molecule has 0 spiro atoms. The van der Waals surface area contributed by atoms with Crippen LogP contribution in [0.15, 0.2) is 30.3 Å². The van der Waals surface area contributed by atoms with Crippen molar-refractivity contribution in [3.05, 3.63) is 30.3 Å². The van der Waals surface area contributed by atoms with E-state index in [2.05, 4.69) is 12.2 Å². The minimum absolute atomic E-state index is 0.356. The van der Waals surface area contributed by atoms with Gasteiger partial charge in [0.2, 0.25) is 0 Å². The molecule has 3 heteroatoms. The van der Waals surface area contributed by atoms with E-state index in [1.54, 1.807) is 0 Å². The van der Waals surface area contributed by atoms with Crippen LogP contribution >= 0.6 is 0 Å². The van der Waals surface area contributed by atoms with Gasteiger partial charge in [-0.25, -0.2) is 0 Å². The number of benzene rings is 1. The van der Waals surface area contributed by atoms with Gasteiger partial charge in [0.15, 0.2) is 0 Å². The smallest absolute Gasteiger partial charge is 0.119 e. The monoisotopic (exact) mass is 194 g/mol. The third-order valence-corrected chi connectivity index (χ3v) is 1.96. The van der Waals surface area contributed by atoms with Gasteiger partial charge in [0, 0.05) is 19.1 Å². The first-order valence-corrected chi connectivity index (χ1v) is 4.94. The minimum atomic E-state index is 0.356. The molecule has 0 bridgehead atoms. The number of para-hydroxylation sites is 1. The van der Waals surface area contributed by atoms with Crippen LogP contribution in [0, 0.1) is 0 Å². The Kier molecular flexibility index (Phi) is 5.04. The molecule has 1 aromatic rings. The topological polar surface area (TPSA) is 47.3 Å². The summed E-state index contributed by atoms with van der Waals surface area (Å²) in [6.07, 6.45) is 0. The largest absolute Gasteiger partial charge is 0.492 e. The fourth-order valence-corrected chi connectivity index (χ4v) is 1.07. The van der Waals surface area contributed by atoms with Gasteiger partial charge in [-0.3, -0.25) is 0 Å². The summed E-state index contributed by atoms with van der Waals surface area (Å²) in [7, 11) is 0. The maximum Gasteiger partial charge on any atom is 0.119 e. The van der Waals surface area contributed by atoms with Crippen LogP contribution in [-0.4, -0.2) is 25.7 Å². The molecule has 0 aliphatic carbocycles. The van der Waals surface area contributed by atoms with Crippen molar-refractivity contribution in [1.82, 2.24) is 5.32 Å². The van der Waals surface area contributed by atoms with Crippen molar-refractivity contribution in [3.8, 4) is 5.75 Å². The van der Waals surface area contributed by atoms with Crippen LogP contribution in [0.2, 0.25) is 0 Å². The van der Waals surface area contributed by atoms with Gasteiger partial charge in [-0.2, -0.15) is 0 Å². The highest BCUT2D eigenvalue weighted by Crippen LogP contribution is 2.07. The molecule has 1 rings (SSSR count). The molecule has 1 atom stereocenters. The number of rotatable bonds is 6. The number of nitrogens with two attached hydrogens (primary N) is 1. The van der Waals surface area contributed by atoms with Crippen molar-refractivity contribution < 1.29 is 4.74 Å². The lowest BCUT2D eigenvalue weighted by Gasteiger charge is -2.11. The lowest BCUT2D eigenvalue weighted by atomic mass is 10.3. The van der Waals surface area contributed by atoms with Crippen molar-refractivity contribution in [2.24, 2.45) is 5.73 Å². The molecule has 0 amide bonds. The van der Waals surface area contributed by atoms with E-state index in [9.17, 15) is 0 Å². The highest BCUT2D eigenvalue weighted by Gasteiger charge is 1.96. The second kappa shape index (κ2) is 6.40. The van der Waals surface area contributed by atoms with Gasteiger partial charge in [0.05, 0.1) is 0 Å². The molecular weight excluding hydrogens is 176 g/mol. The zero-order valence-electron chi connectivity index (χ0n) is 8.57. The first-order valence-electron chi connectivity index (χ1n) is 4.94. The molecule has 14 heavy (non-hydrogen) atoms. The lowest BCUT2D eigenvalue weighted by molar-refractivity contribution is 0.307. The Morgan fingerprint density at radius 2 is 2.07 bits per heavy atom. The summed E-state index contributed by atoms with van der Waals surface area (Å²) in [6.45, 7) is 4.22. The van der Waals surface area contributed by atoms with Crippen molar-refractivity contribution >= 4 is 0 Å². The molecule has 3 N–H and O–H groups in total. The Morgan fingerprint density at radius 1 is 1.36 bits per heavy atom. The molecule has 0 aliphatic rings. The Morgan fingerprint density at radius 3 is 2.71 bits per heavy atom. The molecule has 3 nitrogen and oxygen atoms in total. The zero-order valence-corrected chi connectivity index (χ0v) is 8.57. The molecule has 0 saturated carbocycles. The van der Waals surface area contributed by atoms with Gasteiger partial charge in [-0.15, -0.1) is 0 Å². The van der Waals surface area contributed by atoms with E-state index in [-0.39, 0.29) is 0 Å². The first-order chi connectivity index (χ1) is 6.83. The number of hydrogen-bond donors (Lipinski definition) is 2. The summed E-state index contributed by atoms with van der Waals surface area (Å²) in [6, 6.07) is 10.2. The van der Waals surface area contributed by atoms with Gasteiger partial charge < -0.3 is 15.8 Å². The van der Waals surface area contributed by atoms with E-state index >= 15 is 0 Å². The van der Waals surface area contributed by atoms with Gasteiger partial charge in [-0.1, -0.05) is 18.2 Å². The lowest BCUT2D eigenvalue weighted by Crippen LogP contribution is -2.35. The van der Waals surface area contributed by atoms with E-state index in [0.29, 0.717) is 19.2 Å². The maximum absolute atomic E-state index is 5.50. The van der Waals surface area contributed by atoms with Gasteiger partial charge in [0.25, 0.3) is 0 Å². The molecular formula is C11H18N2O. The Hall–Kier alpha value is -1.06. The number of ether oxygens (including phenoxy) is 1. The van der Waals surface area contributed by atoms with Crippen molar-refractivity contribution in [2.45, 2.75) is 13.0 Å². The molecule has 0 aliphatic heterocycles. The van der Waals surface area contributed by atoms with Crippen LogP contribution in [0.3, 0.4) is 0 Å². The SMILES string of the molecule is C[C@@H](CN)NCCOc1ccccc1. The second-order valence-corrected chi connectivity index (χ2v) is 3.25. The van der Waals surface area contributed by atoms with Crippen LogP contribution in [0.25, 0.3) is 0 Å². The minimum Gasteiger partial charge on any atom is -0.492 e. The van der Waals surface area contributed by atoms with Crippen LogP contribution < -0.4 is 15.8 Å². The summed E-state index contributed by atoms with van der Waals surface area (Å²) in [5.74, 6) is 0.912. The fourth-order valence-electron chi connectivity index (χ4n) is 1.07. The summed E-state index contributed by atoms with van der Waals surface area (Å²) >= 11 is 0. The van der Waals surface area contributed by atoms with Gasteiger partial charge in [0.1, 0.15) is 12.4 Å². The standard InChI is InChI=1S/C11H18N2O/c1-10(9-12)13-7-8-14-11-5-3-2-4-6-11/h2-6,10,13H,7-9,12H2,1H3/t10-/m0/s1. The maximum atomic E-state index is 5.50. The van der Waals surface area contributed by atoms with Crippen LogP contribution in [0.1, 0.15) is 6.92 Å². The van der Waals surface area contributed by atoms with E-state index < -0.39 is 0 Å². The quantitative estimate of drug-likeness (QED) is 0.664. The average Bonchev–Trinajstić information content (AvgIpc) is 2.25. The predicted molar refractivity (Wildman–Crippen MR) is 58.5 cm³/mol. The number of nitrogens with one attached hydrogen (secondary N) is 1. The molecule has 78 valence electrons. The molecule has 0 saturated heterocycles. The predicted octanol–water partition coefficient (Wildman–Crippen LogP) is 1.00. The van der Waals surface area contributed by atoms with E-state index in [4.69, 9.17) is 10.5 Å². The van der Waals surface area contributed by atoms with E-state index in [1.165, 1.54) is 0 Å². The molecule has 0 heterocycles. The van der Waals surface area contributed by atoms with Gasteiger partial charge >= 0.3 is 0 Å². The average molecular weight is 194 g/mol. The Balaban J connectivity index is 2.10. The highest BCUT2D eigenvalue weighted by molar-refractivity contribution is 5.20. The normalized spacial score (nSPS) is 12.4. The summed E-state index contributed by atoms with van der Waals surface area (Å²) in [4.78, 5) is 0.